The molecule has 0 saturated heterocycles. The summed E-state index contributed by atoms with van der Waals surface area (Å²) in [6.07, 6.45) is 2.84. The van der Waals surface area contributed by atoms with Crippen molar-refractivity contribution in [1.82, 2.24) is 0 Å². The first-order valence-corrected chi connectivity index (χ1v) is 7.54. The number of rotatable bonds is 4. The van der Waals surface area contributed by atoms with Crippen LogP contribution >= 0.6 is 15.9 Å². The van der Waals surface area contributed by atoms with Gasteiger partial charge in [-0.1, -0.05) is 41.1 Å². The van der Waals surface area contributed by atoms with E-state index in [1.54, 1.807) is 0 Å². The van der Waals surface area contributed by atoms with Gasteiger partial charge in [-0.05, 0) is 36.2 Å². The number of anilines is 1. The lowest BCUT2D eigenvalue weighted by Crippen LogP contribution is -2.01. The van der Waals surface area contributed by atoms with Gasteiger partial charge in [-0.25, -0.2) is 0 Å². The van der Waals surface area contributed by atoms with Gasteiger partial charge in [0.25, 0.3) is 0 Å². The summed E-state index contributed by atoms with van der Waals surface area (Å²) in [4.78, 5) is 0. The highest BCUT2D eigenvalue weighted by atomic mass is 79.9. The highest BCUT2D eigenvalue weighted by Gasteiger charge is 2.06. The fourth-order valence-corrected chi connectivity index (χ4v) is 2.80. The fourth-order valence-electron chi connectivity index (χ4n) is 2.39. The van der Waals surface area contributed by atoms with Gasteiger partial charge in [0.2, 0.25) is 0 Å². The number of benzene rings is 2. The predicted octanol–water partition coefficient (Wildman–Crippen LogP) is 5.37. The van der Waals surface area contributed by atoms with Gasteiger partial charge in [-0.15, -0.1) is 0 Å². The van der Waals surface area contributed by atoms with E-state index in [-0.39, 0.29) is 0 Å². The highest BCUT2D eigenvalue weighted by molar-refractivity contribution is 9.10. The number of hydrogen-bond donors (Lipinski definition) is 1. The molecule has 0 radical (unpaired) electrons. The van der Waals surface area contributed by atoms with Crippen LogP contribution in [0.4, 0.5) is 5.69 Å². The summed E-state index contributed by atoms with van der Waals surface area (Å²) in [7, 11) is 0. The molecule has 2 nitrogen and oxygen atoms in total. The van der Waals surface area contributed by atoms with Crippen LogP contribution in [0.3, 0.4) is 0 Å². The molecule has 0 amide bonds. The van der Waals surface area contributed by atoms with Crippen LogP contribution in [0.2, 0.25) is 0 Å². The summed E-state index contributed by atoms with van der Waals surface area (Å²) in [6, 6.07) is 14.5. The Morgan fingerprint density at radius 3 is 2.80 bits per heavy atom. The topological polar surface area (TPSA) is 25.2 Å². The number of nitrogens with one attached hydrogen (secondary N) is 1. The zero-order chi connectivity index (χ0) is 13.9. The average molecular weight is 330 g/mol. The number of halogens is 1. The maximum atomic E-state index is 5.57. The summed E-state index contributed by atoms with van der Waals surface area (Å²) < 4.78 is 6.68. The third kappa shape index (κ3) is 2.59. The molecule has 3 rings (SSSR count). The Labute approximate surface area is 126 Å². The molecule has 0 bridgehead atoms. The Morgan fingerprint density at radius 1 is 1.10 bits per heavy atom. The first-order valence-electron chi connectivity index (χ1n) is 6.75. The van der Waals surface area contributed by atoms with Gasteiger partial charge in [-0.2, -0.15) is 0 Å². The van der Waals surface area contributed by atoms with Crippen molar-refractivity contribution >= 4 is 32.6 Å². The number of aryl methyl sites for hydroxylation is 1. The number of fused-ring (bicyclic) bond motifs is 1. The number of hydrogen-bond acceptors (Lipinski definition) is 2. The smallest absolute Gasteiger partial charge is 0.134 e. The van der Waals surface area contributed by atoms with Gasteiger partial charge in [0.15, 0.2) is 0 Å². The highest BCUT2D eigenvalue weighted by Crippen LogP contribution is 2.25. The second-order valence-corrected chi connectivity index (χ2v) is 5.68. The molecular formula is C17H16BrNO. The van der Waals surface area contributed by atoms with E-state index in [9.17, 15) is 0 Å². The zero-order valence-electron chi connectivity index (χ0n) is 11.3. The van der Waals surface area contributed by atoms with Crippen LogP contribution in [0.1, 0.15) is 18.1 Å². The van der Waals surface area contributed by atoms with Crippen molar-refractivity contribution in [2.45, 2.75) is 19.9 Å². The van der Waals surface area contributed by atoms with Gasteiger partial charge in [0.1, 0.15) is 5.58 Å². The SMILES string of the molecule is CCc1cc(Br)ccc1NCc1coc2ccccc12. The van der Waals surface area contributed by atoms with Crippen LogP contribution in [-0.2, 0) is 13.0 Å². The molecule has 102 valence electrons. The first kappa shape index (κ1) is 13.3. The Kier molecular flexibility index (Phi) is 3.79. The quantitative estimate of drug-likeness (QED) is 0.696. The van der Waals surface area contributed by atoms with Gasteiger partial charge >= 0.3 is 0 Å². The van der Waals surface area contributed by atoms with Gasteiger partial charge < -0.3 is 9.73 Å². The van der Waals surface area contributed by atoms with E-state index in [0.717, 1.165) is 23.0 Å². The Balaban J connectivity index is 1.83. The van der Waals surface area contributed by atoms with Crippen molar-refractivity contribution in [3.63, 3.8) is 0 Å². The van der Waals surface area contributed by atoms with E-state index in [1.807, 2.05) is 24.5 Å². The molecule has 0 spiro atoms. The molecule has 0 aliphatic rings. The summed E-state index contributed by atoms with van der Waals surface area (Å²) in [5.41, 5.74) is 4.62. The number of furan rings is 1. The van der Waals surface area contributed by atoms with Crippen LogP contribution in [0, 0.1) is 0 Å². The normalized spacial score (nSPS) is 10.9. The van der Waals surface area contributed by atoms with E-state index in [0.29, 0.717) is 0 Å². The zero-order valence-corrected chi connectivity index (χ0v) is 12.9. The van der Waals surface area contributed by atoms with Crippen LogP contribution in [0.25, 0.3) is 11.0 Å². The van der Waals surface area contributed by atoms with E-state index >= 15 is 0 Å². The lowest BCUT2D eigenvalue weighted by molar-refractivity contribution is 0.611. The second kappa shape index (κ2) is 5.71. The predicted molar refractivity (Wildman–Crippen MR) is 87.1 cm³/mol. The molecule has 20 heavy (non-hydrogen) atoms. The second-order valence-electron chi connectivity index (χ2n) is 4.77. The summed E-state index contributed by atoms with van der Waals surface area (Å²) in [6.45, 7) is 2.94. The fraction of sp³-hybridized carbons (Fsp3) is 0.176. The minimum Gasteiger partial charge on any atom is -0.464 e. The Hall–Kier alpha value is -1.74. The Morgan fingerprint density at radius 2 is 1.95 bits per heavy atom. The summed E-state index contributed by atoms with van der Waals surface area (Å²) in [5, 5.41) is 4.68. The molecule has 3 aromatic rings. The molecule has 1 heterocycles. The average Bonchev–Trinajstić information content (AvgIpc) is 2.89. The summed E-state index contributed by atoms with van der Waals surface area (Å²) >= 11 is 3.52. The van der Waals surface area contributed by atoms with Crippen molar-refractivity contribution < 1.29 is 4.42 Å². The van der Waals surface area contributed by atoms with E-state index in [1.165, 1.54) is 22.2 Å². The molecule has 0 atom stereocenters. The minimum atomic E-state index is 0.769. The van der Waals surface area contributed by atoms with Crippen LogP contribution in [0.15, 0.2) is 57.6 Å². The van der Waals surface area contributed by atoms with Gasteiger partial charge in [0, 0.05) is 27.7 Å². The Bertz CT molecular complexity index is 733. The minimum absolute atomic E-state index is 0.769. The monoisotopic (exact) mass is 329 g/mol. The molecule has 2 aromatic carbocycles. The molecule has 0 unspecified atom stereocenters. The van der Waals surface area contributed by atoms with Crippen molar-refractivity contribution in [1.29, 1.82) is 0 Å². The van der Waals surface area contributed by atoms with E-state index in [2.05, 4.69) is 52.4 Å². The molecule has 1 N–H and O–H groups in total. The van der Waals surface area contributed by atoms with Crippen molar-refractivity contribution in [3.05, 3.63) is 64.3 Å². The van der Waals surface area contributed by atoms with Crippen LogP contribution in [-0.4, -0.2) is 0 Å². The summed E-state index contributed by atoms with van der Waals surface area (Å²) in [5.74, 6) is 0. The molecular weight excluding hydrogens is 314 g/mol. The molecule has 0 fully saturated rings. The van der Waals surface area contributed by atoms with Gasteiger partial charge in [-0.3, -0.25) is 0 Å². The lowest BCUT2D eigenvalue weighted by Gasteiger charge is -2.10. The molecule has 1 aromatic heterocycles. The van der Waals surface area contributed by atoms with E-state index < -0.39 is 0 Å². The third-order valence-corrected chi connectivity index (χ3v) is 3.97. The molecule has 0 aliphatic heterocycles. The molecule has 0 aliphatic carbocycles. The first-order chi connectivity index (χ1) is 9.78. The van der Waals surface area contributed by atoms with Crippen molar-refractivity contribution in [3.8, 4) is 0 Å². The van der Waals surface area contributed by atoms with Crippen LogP contribution < -0.4 is 5.32 Å². The lowest BCUT2D eigenvalue weighted by atomic mass is 10.1. The van der Waals surface area contributed by atoms with Crippen LogP contribution in [0.5, 0.6) is 0 Å². The maximum absolute atomic E-state index is 5.57. The van der Waals surface area contributed by atoms with Crippen molar-refractivity contribution in [2.75, 3.05) is 5.32 Å². The largest absolute Gasteiger partial charge is 0.464 e. The molecule has 0 saturated carbocycles. The maximum Gasteiger partial charge on any atom is 0.134 e. The van der Waals surface area contributed by atoms with Gasteiger partial charge in [0.05, 0.1) is 6.26 Å². The van der Waals surface area contributed by atoms with Crippen molar-refractivity contribution in [2.24, 2.45) is 0 Å². The third-order valence-electron chi connectivity index (χ3n) is 3.48. The molecule has 3 heteroatoms. The van der Waals surface area contributed by atoms with E-state index in [4.69, 9.17) is 4.42 Å². The number of para-hydroxylation sites is 1. The standard InChI is InChI=1S/C17H16BrNO/c1-2-12-9-14(18)7-8-16(12)19-10-13-11-20-17-6-4-3-5-15(13)17/h3-9,11,19H,2,10H2,1H3.